The van der Waals surface area contributed by atoms with Crippen LogP contribution in [0.25, 0.3) is 5.57 Å². The molecule has 0 saturated carbocycles. The second kappa shape index (κ2) is 6.60. The highest BCUT2D eigenvalue weighted by Gasteiger charge is 2.26. The first kappa shape index (κ1) is 13.9. The third-order valence-electron chi connectivity index (χ3n) is 3.80. The van der Waals surface area contributed by atoms with E-state index in [1.54, 1.807) is 12.1 Å². The highest BCUT2D eigenvalue weighted by molar-refractivity contribution is 5.74. The van der Waals surface area contributed by atoms with E-state index < -0.39 is 0 Å². The molecule has 2 rings (SSSR count). The van der Waals surface area contributed by atoms with Gasteiger partial charge in [0.05, 0.1) is 0 Å². The van der Waals surface area contributed by atoms with Gasteiger partial charge in [-0.25, -0.2) is 4.39 Å². The minimum absolute atomic E-state index is 0.245. The molecule has 102 valence electrons. The summed E-state index contributed by atoms with van der Waals surface area (Å²) in [6, 6.07) is 6.17. The zero-order chi connectivity index (χ0) is 13.7. The number of rotatable bonds is 6. The van der Waals surface area contributed by atoms with E-state index in [0.29, 0.717) is 0 Å². The van der Waals surface area contributed by atoms with E-state index in [2.05, 4.69) is 12.1 Å². The van der Waals surface area contributed by atoms with Crippen molar-refractivity contribution in [3.05, 3.63) is 46.1 Å². The smallest absolute Gasteiger partial charge is 0.123 e. The molecule has 0 spiro atoms. The van der Waals surface area contributed by atoms with Gasteiger partial charge >= 0.3 is 0 Å². The first-order chi connectivity index (χ1) is 9.26. The van der Waals surface area contributed by atoms with Gasteiger partial charge in [-0.1, -0.05) is 42.6 Å². The summed E-state index contributed by atoms with van der Waals surface area (Å²) in [6.45, 7) is 2.18. The van der Waals surface area contributed by atoms with Crippen LogP contribution in [-0.2, 0) is 0 Å². The first-order valence-corrected chi connectivity index (χ1v) is 7.06. The normalized spacial score (nSPS) is 18.9. The molecule has 1 aromatic carbocycles. The van der Waals surface area contributed by atoms with E-state index in [1.807, 2.05) is 0 Å². The fraction of sp³-hybridized carbons (Fsp3) is 0.500. The molecule has 0 bridgehead atoms. The van der Waals surface area contributed by atoms with Gasteiger partial charge in [0.15, 0.2) is 0 Å². The van der Waals surface area contributed by atoms with E-state index in [1.165, 1.54) is 30.5 Å². The lowest BCUT2D eigenvalue weighted by molar-refractivity contribution is 0.627. The molecule has 0 fully saturated rings. The van der Waals surface area contributed by atoms with Gasteiger partial charge in [-0.05, 0) is 49.0 Å². The fourth-order valence-corrected chi connectivity index (χ4v) is 2.81. The van der Waals surface area contributed by atoms with Gasteiger partial charge < -0.3 is 0 Å². The number of nitrogens with zero attached hydrogens (tertiary/aromatic N) is 1. The summed E-state index contributed by atoms with van der Waals surface area (Å²) in [5.41, 5.74) is 3.34. The summed E-state index contributed by atoms with van der Waals surface area (Å²) in [4.78, 5) is 11.0. The number of benzene rings is 1. The lowest BCUT2D eigenvalue weighted by Gasteiger charge is -2.10. The molecule has 0 saturated heterocycles. The Kier molecular flexibility index (Phi) is 4.83. The minimum Gasteiger partial charge on any atom is -0.207 e. The second-order valence-corrected chi connectivity index (χ2v) is 5.14. The maximum atomic E-state index is 13.0. The lowest BCUT2D eigenvalue weighted by Crippen LogP contribution is -2.01. The van der Waals surface area contributed by atoms with Crippen LogP contribution in [0.3, 0.4) is 0 Å². The van der Waals surface area contributed by atoms with Gasteiger partial charge in [0.2, 0.25) is 0 Å². The van der Waals surface area contributed by atoms with E-state index in [-0.39, 0.29) is 11.9 Å². The molecule has 0 aromatic heterocycles. The number of allylic oxidation sites excluding steroid dienone is 1. The SMILES string of the molecule is CCCCCC1=C(c2ccc(F)cc2)C(N=O)CC1. The summed E-state index contributed by atoms with van der Waals surface area (Å²) in [5.74, 6) is -0.245. The molecule has 1 aliphatic rings. The Balaban J connectivity index is 2.25. The van der Waals surface area contributed by atoms with Crippen LogP contribution in [0.5, 0.6) is 0 Å². The van der Waals surface area contributed by atoms with Crippen molar-refractivity contribution in [1.29, 1.82) is 0 Å². The van der Waals surface area contributed by atoms with Crippen LogP contribution < -0.4 is 0 Å². The molecular weight excluding hydrogens is 241 g/mol. The van der Waals surface area contributed by atoms with Crippen molar-refractivity contribution in [3.63, 3.8) is 0 Å². The number of nitroso groups, excluding NO2 is 1. The van der Waals surface area contributed by atoms with E-state index in [0.717, 1.165) is 36.8 Å². The average Bonchev–Trinajstić information content (AvgIpc) is 2.83. The highest BCUT2D eigenvalue weighted by Crippen LogP contribution is 2.38. The third kappa shape index (κ3) is 3.28. The molecule has 0 N–H and O–H groups in total. The second-order valence-electron chi connectivity index (χ2n) is 5.14. The Labute approximate surface area is 113 Å². The van der Waals surface area contributed by atoms with Gasteiger partial charge in [-0.2, -0.15) is 4.91 Å². The summed E-state index contributed by atoms with van der Waals surface area (Å²) in [5, 5.41) is 3.24. The Morgan fingerprint density at radius 1 is 1.26 bits per heavy atom. The van der Waals surface area contributed by atoms with Crippen LogP contribution >= 0.6 is 0 Å². The quantitative estimate of drug-likeness (QED) is 0.518. The van der Waals surface area contributed by atoms with E-state index in [4.69, 9.17) is 0 Å². The molecule has 1 aromatic rings. The van der Waals surface area contributed by atoms with Gasteiger partial charge in [-0.15, -0.1) is 0 Å². The molecule has 19 heavy (non-hydrogen) atoms. The maximum absolute atomic E-state index is 13.0. The molecule has 0 aliphatic heterocycles. The van der Waals surface area contributed by atoms with Crippen molar-refractivity contribution in [2.45, 2.75) is 51.5 Å². The largest absolute Gasteiger partial charge is 0.207 e. The van der Waals surface area contributed by atoms with E-state index >= 15 is 0 Å². The van der Waals surface area contributed by atoms with Crippen LogP contribution in [0.2, 0.25) is 0 Å². The minimum atomic E-state index is -0.248. The Bertz CT molecular complexity index is 464. The van der Waals surface area contributed by atoms with E-state index in [9.17, 15) is 9.30 Å². The summed E-state index contributed by atoms with van der Waals surface area (Å²) >= 11 is 0. The van der Waals surface area contributed by atoms with Gasteiger partial charge in [0, 0.05) is 0 Å². The topological polar surface area (TPSA) is 29.4 Å². The number of unbranched alkanes of at least 4 members (excludes halogenated alkanes) is 2. The maximum Gasteiger partial charge on any atom is 0.123 e. The average molecular weight is 261 g/mol. The van der Waals surface area contributed by atoms with Gasteiger partial charge in [0.1, 0.15) is 11.9 Å². The Hall–Kier alpha value is -1.51. The number of halogens is 1. The zero-order valence-corrected chi connectivity index (χ0v) is 11.4. The summed E-state index contributed by atoms with van der Waals surface area (Å²) < 4.78 is 13.0. The molecule has 1 unspecified atom stereocenters. The summed E-state index contributed by atoms with van der Waals surface area (Å²) in [7, 11) is 0. The number of hydrogen-bond donors (Lipinski definition) is 0. The molecule has 0 heterocycles. The van der Waals surface area contributed by atoms with Crippen molar-refractivity contribution in [2.75, 3.05) is 0 Å². The van der Waals surface area contributed by atoms with Crippen LogP contribution in [0.1, 0.15) is 51.0 Å². The van der Waals surface area contributed by atoms with Crippen LogP contribution in [-0.4, -0.2) is 6.04 Å². The molecular formula is C16H20FNO. The molecule has 2 nitrogen and oxygen atoms in total. The first-order valence-electron chi connectivity index (χ1n) is 7.06. The lowest BCUT2D eigenvalue weighted by atomic mass is 9.96. The molecule has 1 atom stereocenters. The van der Waals surface area contributed by atoms with Gasteiger partial charge in [0.25, 0.3) is 0 Å². The monoisotopic (exact) mass is 261 g/mol. The molecule has 0 radical (unpaired) electrons. The van der Waals surface area contributed by atoms with Crippen molar-refractivity contribution in [1.82, 2.24) is 0 Å². The van der Waals surface area contributed by atoms with Crippen LogP contribution in [0.15, 0.2) is 35.0 Å². The number of hydrogen-bond acceptors (Lipinski definition) is 2. The van der Waals surface area contributed by atoms with Crippen LogP contribution in [0.4, 0.5) is 4.39 Å². The predicted molar refractivity (Wildman–Crippen MR) is 76.3 cm³/mol. The highest BCUT2D eigenvalue weighted by atomic mass is 19.1. The Morgan fingerprint density at radius 2 is 2.00 bits per heavy atom. The molecule has 1 aliphatic carbocycles. The fourth-order valence-electron chi connectivity index (χ4n) is 2.81. The molecule has 3 heteroatoms. The van der Waals surface area contributed by atoms with Crippen molar-refractivity contribution < 1.29 is 4.39 Å². The van der Waals surface area contributed by atoms with Crippen LogP contribution in [0, 0.1) is 10.7 Å². The molecule has 0 amide bonds. The zero-order valence-electron chi connectivity index (χ0n) is 11.4. The summed E-state index contributed by atoms with van der Waals surface area (Å²) in [6.07, 6.45) is 6.34. The Morgan fingerprint density at radius 3 is 2.63 bits per heavy atom. The van der Waals surface area contributed by atoms with Crippen molar-refractivity contribution in [3.8, 4) is 0 Å². The van der Waals surface area contributed by atoms with Gasteiger partial charge in [-0.3, -0.25) is 0 Å². The standard InChI is InChI=1S/C16H20FNO/c1-2-3-4-5-12-8-11-15(18-19)16(12)13-6-9-14(17)10-7-13/h6-7,9-10,15H,2-5,8,11H2,1H3. The van der Waals surface area contributed by atoms with Crippen molar-refractivity contribution in [2.24, 2.45) is 5.18 Å². The predicted octanol–water partition coefficient (Wildman–Crippen LogP) is 5.09. The van der Waals surface area contributed by atoms with Crippen molar-refractivity contribution >= 4 is 5.57 Å². The third-order valence-corrected chi connectivity index (χ3v) is 3.80.